The third-order valence-corrected chi connectivity index (χ3v) is 3.16. The molecule has 20 heavy (non-hydrogen) atoms. The molecule has 1 atom stereocenters. The molecule has 5 nitrogen and oxygen atoms in total. The van der Waals surface area contributed by atoms with Crippen LogP contribution in [0.4, 0.5) is 4.79 Å². The second-order valence-electron chi connectivity index (χ2n) is 6.50. The number of amides is 2. The van der Waals surface area contributed by atoms with E-state index >= 15 is 0 Å². The van der Waals surface area contributed by atoms with Crippen molar-refractivity contribution in [3.05, 3.63) is 0 Å². The third-order valence-electron chi connectivity index (χ3n) is 3.16. The van der Waals surface area contributed by atoms with Crippen LogP contribution in [0.15, 0.2) is 0 Å². The molecule has 1 rings (SSSR count). The minimum Gasteiger partial charge on any atom is -0.444 e. The predicted octanol–water partition coefficient (Wildman–Crippen LogP) is 2.60. The Morgan fingerprint density at radius 1 is 1.30 bits per heavy atom. The fourth-order valence-corrected chi connectivity index (χ4v) is 1.96. The van der Waals surface area contributed by atoms with E-state index in [2.05, 4.69) is 17.6 Å². The minimum atomic E-state index is -0.496. The zero-order valence-corrected chi connectivity index (χ0v) is 13.1. The molecule has 1 unspecified atom stereocenters. The first-order valence-electron chi connectivity index (χ1n) is 7.58. The number of alkyl carbamates (subject to hydrolysis) is 1. The van der Waals surface area contributed by atoms with Crippen LogP contribution in [0.25, 0.3) is 0 Å². The van der Waals surface area contributed by atoms with Crippen molar-refractivity contribution in [1.82, 2.24) is 10.6 Å². The number of hydrogen-bond donors (Lipinski definition) is 2. The van der Waals surface area contributed by atoms with Crippen molar-refractivity contribution in [3.8, 4) is 0 Å². The molecule has 0 aromatic heterocycles. The van der Waals surface area contributed by atoms with Gasteiger partial charge in [0.1, 0.15) is 5.60 Å². The van der Waals surface area contributed by atoms with Gasteiger partial charge in [0.15, 0.2) is 0 Å². The molecule has 2 amide bonds. The smallest absolute Gasteiger partial charge is 0.407 e. The molecule has 0 spiro atoms. The zero-order valence-electron chi connectivity index (χ0n) is 13.1. The van der Waals surface area contributed by atoms with Gasteiger partial charge in [-0.25, -0.2) is 4.79 Å². The predicted molar refractivity (Wildman–Crippen MR) is 78.4 cm³/mol. The quantitative estimate of drug-likeness (QED) is 0.755. The Morgan fingerprint density at radius 2 is 1.95 bits per heavy atom. The molecule has 0 heterocycles. The molecular weight excluding hydrogens is 256 g/mol. The van der Waals surface area contributed by atoms with Gasteiger partial charge in [-0.15, -0.1) is 0 Å². The molecule has 5 heteroatoms. The highest BCUT2D eigenvalue weighted by atomic mass is 16.6. The number of hydrogen-bond acceptors (Lipinski definition) is 3. The summed E-state index contributed by atoms with van der Waals surface area (Å²) in [6.45, 7) is 8.00. The zero-order chi connectivity index (χ0) is 15.2. The van der Waals surface area contributed by atoms with Gasteiger partial charge in [-0.3, -0.25) is 4.79 Å². The Balaban J connectivity index is 2.32. The molecule has 1 aliphatic carbocycles. The molecule has 0 bridgehead atoms. The van der Waals surface area contributed by atoms with Gasteiger partial charge in [0.2, 0.25) is 5.91 Å². The van der Waals surface area contributed by atoms with Crippen molar-refractivity contribution in [2.45, 2.75) is 71.4 Å². The number of carbonyl (C=O) groups excluding carboxylic acids is 2. The van der Waals surface area contributed by atoms with E-state index in [0.29, 0.717) is 18.9 Å². The first-order valence-corrected chi connectivity index (χ1v) is 7.58. The third kappa shape index (κ3) is 7.36. The average Bonchev–Trinajstić information content (AvgIpc) is 3.13. The van der Waals surface area contributed by atoms with Gasteiger partial charge in [-0.05, 0) is 46.0 Å². The summed E-state index contributed by atoms with van der Waals surface area (Å²) >= 11 is 0. The standard InChI is InChI=1S/C15H28N2O3/c1-5-6-7-13(18)17-12(11-8-9-11)10-16-14(19)20-15(2,3)4/h11-12H,5-10H2,1-4H3,(H,16,19)(H,17,18). The largest absolute Gasteiger partial charge is 0.444 e. The molecule has 0 radical (unpaired) electrons. The molecule has 2 N–H and O–H groups in total. The van der Waals surface area contributed by atoms with Crippen LogP contribution in [-0.2, 0) is 9.53 Å². The molecule has 1 aliphatic rings. The van der Waals surface area contributed by atoms with Crippen molar-refractivity contribution >= 4 is 12.0 Å². The number of unbranched alkanes of at least 4 members (excludes halogenated alkanes) is 1. The molecule has 1 saturated carbocycles. The van der Waals surface area contributed by atoms with Crippen molar-refractivity contribution < 1.29 is 14.3 Å². The number of nitrogens with one attached hydrogen (secondary N) is 2. The lowest BCUT2D eigenvalue weighted by Gasteiger charge is -2.22. The maximum absolute atomic E-state index is 11.8. The summed E-state index contributed by atoms with van der Waals surface area (Å²) in [4.78, 5) is 23.4. The van der Waals surface area contributed by atoms with E-state index in [1.807, 2.05) is 20.8 Å². The van der Waals surface area contributed by atoms with Crippen LogP contribution < -0.4 is 10.6 Å². The fraction of sp³-hybridized carbons (Fsp3) is 0.867. The Morgan fingerprint density at radius 3 is 2.45 bits per heavy atom. The first kappa shape index (κ1) is 16.8. The first-order chi connectivity index (χ1) is 9.31. The molecule has 0 saturated heterocycles. The Bertz CT molecular complexity index is 333. The van der Waals surface area contributed by atoms with Gasteiger partial charge in [0, 0.05) is 19.0 Å². The van der Waals surface area contributed by atoms with Gasteiger partial charge in [0.25, 0.3) is 0 Å². The van der Waals surface area contributed by atoms with Crippen LogP contribution >= 0.6 is 0 Å². The lowest BCUT2D eigenvalue weighted by molar-refractivity contribution is -0.122. The van der Waals surface area contributed by atoms with E-state index in [1.54, 1.807) is 0 Å². The Labute approximate surface area is 121 Å². The summed E-state index contributed by atoms with van der Waals surface area (Å²) in [5.74, 6) is 0.574. The lowest BCUT2D eigenvalue weighted by Crippen LogP contribution is -2.46. The summed E-state index contributed by atoms with van der Waals surface area (Å²) in [7, 11) is 0. The minimum absolute atomic E-state index is 0.0341. The molecule has 0 aliphatic heterocycles. The van der Waals surface area contributed by atoms with Gasteiger partial charge in [-0.1, -0.05) is 13.3 Å². The van der Waals surface area contributed by atoms with Gasteiger partial charge >= 0.3 is 6.09 Å². The van der Waals surface area contributed by atoms with Crippen molar-refractivity contribution in [1.29, 1.82) is 0 Å². The normalized spacial score (nSPS) is 16.4. The monoisotopic (exact) mass is 284 g/mol. The number of carbonyl (C=O) groups is 2. The van der Waals surface area contributed by atoms with Crippen molar-refractivity contribution in [3.63, 3.8) is 0 Å². The Kier molecular flexibility index (Phi) is 6.30. The summed E-state index contributed by atoms with van der Waals surface area (Å²) in [6, 6.07) is 0.0341. The summed E-state index contributed by atoms with van der Waals surface area (Å²) < 4.78 is 5.20. The molecule has 116 valence electrons. The van der Waals surface area contributed by atoms with E-state index in [1.165, 1.54) is 0 Å². The van der Waals surface area contributed by atoms with Crippen LogP contribution in [0, 0.1) is 5.92 Å². The van der Waals surface area contributed by atoms with E-state index in [4.69, 9.17) is 4.74 Å². The second-order valence-corrected chi connectivity index (χ2v) is 6.50. The lowest BCUT2D eigenvalue weighted by atomic mass is 10.1. The van der Waals surface area contributed by atoms with Crippen molar-refractivity contribution in [2.24, 2.45) is 5.92 Å². The highest BCUT2D eigenvalue weighted by Crippen LogP contribution is 2.32. The molecule has 0 aromatic rings. The van der Waals surface area contributed by atoms with Crippen molar-refractivity contribution in [2.75, 3.05) is 6.54 Å². The number of rotatable bonds is 7. The topological polar surface area (TPSA) is 67.4 Å². The number of ether oxygens (including phenoxy) is 1. The Hall–Kier alpha value is -1.26. The van der Waals surface area contributed by atoms with Gasteiger partial charge < -0.3 is 15.4 Å². The highest BCUT2D eigenvalue weighted by Gasteiger charge is 2.32. The summed E-state index contributed by atoms with van der Waals surface area (Å²) in [5, 5.41) is 5.77. The van der Waals surface area contributed by atoms with E-state index in [0.717, 1.165) is 25.7 Å². The van der Waals surface area contributed by atoms with E-state index < -0.39 is 11.7 Å². The van der Waals surface area contributed by atoms with Crippen LogP contribution in [0.2, 0.25) is 0 Å². The van der Waals surface area contributed by atoms with E-state index in [9.17, 15) is 9.59 Å². The summed E-state index contributed by atoms with van der Waals surface area (Å²) in [5.41, 5.74) is -0.496. The van der Waals surface area contributed by atoms with Crippen LogP contribution in [0.1, 0.15) is 59.8 Å². The SMILES string of the molecule is CCCCC(=O)NC(CNC(=O)OC(C)(C)C)C1CC1. The molecule has 1 fully saturated rings. The van der Waals surface area contributed by atoms with Crippen LogP contribution in [0.5, 0.6) is 0 Å². The highest BCUT2D eigenvalue weighted by molar-refractivity contribution is 5.76. The maximum atomic E-state index is 11.8. The van der Waals surface area contributed by atoms with E-state index in [-0.39, 0.29) is 11.9 Å². The fourth-order valence-electron chi connectivity index (χ4n) is 1.96. The second kappa shape index (κ2) is 7.50. The average molecular weight is 284 g/mol. The van der Waals surface area contributed by atoms with Gasteiger partial charge in [-0.2, -0.15) is 0 Å². The molecule has 0 aromatic carbocycles. The van der Waals surface area contributed by atoms with Gasteiger partial charge in [0.05, 0.1) is 0 Å². The van der Waals surface area contributed by atoms with Crippen LogP contribution in [0.3, 0.4) is 0 Å². The maximum Gasteiger partial charge on any atom is 0.407 e. The van der Waals surface area contributed by atoms with Crippen LogP contribution in [-0.4, -0.2) is 30.2 Å². The molecular formula is C15H28N2O3. The summed E-state index contributed by atoms with van der Waals surface area (Å²) in [6.07, 6.45) is 4.29.